The van der Waals surface area contributed by atoms with Crippen molar-refractivity contribution in [3.63, 3.8) is 0 Å². The van der Waals surface area contributed by atoms with Crippen molar-refractivity contribution in [2.75, 3.05) is 13.1 Å². The second kappa shape index (κ2) is 5.37. The topological polar surface area (TPSA) is 45.5 Å². The van der Waals surface area contributed by atoms with Gasteiger partial charge >= 0.3 is 0 Å². The van der Waals surface area contributed by atoms with E-state index in [0.717, 1.165) is 31.0 Å². The van der Waals surface area contributed by atoms with E-state index >= 15 is 0 Å². The third-order valence-corrected chi connectivity index (χ3v) is 3.89. The number of nitrogens with zero attached hydrogens (tertiary/aromatic N) is 1. The highest BCUT2D eigenvalue weighted by molar-refractivity contribution is 5.83. The van der Waals surface area contributed by atoms with Crippen LogP contribution in [0.1, 0.15) is 38.7 Å². The standard InChI is InChI=1S/C15H24N2O2/c1-11(2)17(9-13-6-5-12(3)19-13)14(18)15(4)7-8-16-10-15/h5-6,11,16H,7-10H2,1-4H3. The molecule has 1 aliphatic heterocycles. The van der Waals surface area contributed by atoms with Crippen LogP contribution in [0.25, 0.3) is 0 Å². The van der Waals surface area contributed by atoms with E-state index in [1.54, 1.807) is 0 Å². The minimum atomic E-state index is -0.272. The van der Waals surface area contributed by atoms with Crippen LogP contribution >= 0.6 is 0 Å². The maximum absolute atomic E-state index is 12.8. The van der Waals surface area contributed by atoms with Crippen LogP contribution in [0, 0.1) is 12.3 Å². The fraction of sp³-hybridized carbons (Fsp3) is 0.667. The molecule has 1 atom stereocenters. The summed E-state index contributed by atoms with van der Waals surface area (Å²) in [5, 5.41) is 3.28. The van der Waals surface area contributed by atoms with Gasteiger partial charge in [0.1, 0.15) is 11.5 Å². The van der Waals surface area contributed by atoms with Gasteiger partial charge in [0.2, 0.25) is 5.91 Å². The summed E-state index contributed by atoms with van der Waals surface area (Å²) in [6.07, 6.45) is 0.909. The lowest BCUT2D eigenvalue weighted by Crippen LogP contribution is -2.46. The maximum atomic E-state index is 12.8. The third-order valence-electron chi connectivity index (χ3n) is 3.89. The van der Waals surface area contributed by atoms with Crippen molar-refractivity contribution >= 4 is 5.91 Å². The van der Waals surface area contributed by atoms with Gasteiger partial charge in [0.25, 0.3) is 0 Å². The zero-order valence-electron chi connectivity index (χ0n) is 12.3. The van der Waals surface area contributed by atoms with E-state index < -0.39 is 0 Å². The van der Waals surface area contributed by atoms with Crippen molar-refractivity contribution < 1.29 is 9.21 Å². The molecular formula is C15H24N2O2. The van der Waals surface area contributed by atoms with Gasteiger partial charge in [-0.05, 0) is 52.8 Å². The molecule has 1 amide bonds. The van der Waals surface area contributed by atoms with Crippen molar-refractivity contribution in [2.24, 2.45) is 5.41 Å². The Morgan fingerprint density at radius 3 is 2.74 bits per heavy atom. The molecule has 2 heterocycles. The third kappa shape index (κ3) is 3.00. The first kappa shape index (κ1) is 14.1. The molecule has 1 aliphatic rings. The van der Waals surface area contributed by atoms with Gasteiger partial charge < -0.3 is 14.6 Å². The Morgan fingerprint density at radius 2 is 2.26 bits per heavy atom. The molecule has 0 spiro atoms. The van der Waals surface area contributed by atoms with Gasteiger partial charge in [-0.25, -0.2) is 0 Å². The number of hydrogen-bond donors (Lipinski definition) is 1. The van der Waals surface area contributed by atoms with Crippen molar-refractivity contribution in [3.05, 3.63) is 23.7 Å². The number of carbonyl (C=O) groups is 1. The Kier molecular flexibility index (Phi) is 3.99. The summed E-state index contributed by atoms with van der Waals surface area (Å²) >= 11 is 0. The Hall–Kier alpha value is -1.29. The van der Waals surface area contributed by atoms with Crippen LogP contribution in [0.4, 0.5) is 0 Å². The quantitative estimate of drug-likeness (QED) is 0.907. The number of rotatable bonds is 4. The molecule has 1 aromatic rings. The van der Waals surface area contributed by atoms with Crippen molar-refractivity contribution in [1.29, 1.82) is 0 Å². The van der Waals surface area contributed by atoms with Crippen molar-refractivity contribution in [3.8, 4) is 0 Å². The van der Waals surface area contributed by atoms with Gasteiger partial charge in [-0.2, -0.15) is 0 Å². The Balaban J connectivity index is 2.13. The lowest BCUT2D eigenvalue weighted by Gasteiger charge is -2.33. The van der Waals surface area contributed by atoms with Crippen molar-refractivity contribution in [1.82, 2.24) is 10.2 Å². The van der Waals surface area contributed by atoms with Gasteiger partial charge in [0, 0.05) is 12.6 Å². The first-order chi connectivity index (χ1) is 8.92. The number of amides is 1. The number of nitrogens with one attached hydrogen (secondary N) is 1. The van der Waals surface area contributed by atoms with E-state index in [1.807, 2.05) is 24.0 Å². The molecule has 4 nitrogen and oxygen atoms in total. The monoisotopic (exact) mass is 264 g/mol. The molecule has 0 radical (unpaired) electrons. The van der Waals surface area contributed by atoms with Gasteiger partial charge in [-0.3, -0.25) is 4.79 Å². The van der Waals surface area contributed by atoms with Crippen LogP contribution < -0.4 is 5.32 Å². The number of hydrogen-bond acceptors (Lipinski definition) is 3. The van der Waals surface area contributed by atoms with E-state index in [9.17, 15) is 4.79 Å². The average molecular weight is 264 g/mol. The molecule has 0 saturated carbocycles. The molecule has 4 heteroatoms. The van der Waals surface area contributed by atoms with Gasteiger partial charge in [-0.1, -0.05) is 0 Å². The Bertz CT molecular complexity index is 445. The number of aryl methyl sites for hydroxylation is 1. The van der Waals surface area contributed by atoms with Crippen molar-refractivity contribution in [2.45, 2.75) is 46.7 Å². The molecule has 1 aromatic heterocycles. The van der Waals surface area contributed by atoms with Crippen LogP contribution in [-0.4, -0.2) is 29.9 Å². The molecule has 1 N–H and O–H groups in total. The molecule has 0 aliphatic carbocycles. The zero-order valence-corrected chi connectivity index (χ0v) is 12.3. The van der Waals surface area contributed by atoms with Crippen LogP contribution in [0.15, 0.2) is 16.5 Å². The SMILES string of the molecule is Cc1ccc(CN(C(=O)C2(C)CCNC2)C(C)C)o1. The van der Waals surface area contributed by atoms with Crippen LogP contribution in [0.2, 0.25) is 0 Å². The summed E-state index contributed by atoms with van der Waals surface area (Å²) in [6, 6.07) is 4.07. The largest absolute Gasteiger partial charge is 0.464 e. The summed E-state index contributed by atoms with van der Waals surface area (Å²) in [5.74, 6) is 1.97. The number of furan rings is 1. The summed E-state index contributed by atoms with van der Waals surface area (Å²) < 4.78 is 5.60. The minimum Gasteiger partial charge on any atom is -0.464 e. The highest BCUT2D eigenvalue weighted by Gasteiger charge is 2.40. The highest BCUT2D eigenvalue weighted by atomic mass is 16.3. The summed E-state index contributed by atoms with van der Waals surface area (Å²) in [5.41, 5.74) is -0.272. The fourth-order valence-corrected chi connectivity index (χ4v) is 2.57. The molecule has 2 rings (SSSR count). The highest BCUT2D eigenvalue weighted by Crippen LogP contribution is 2.29. The molecular weight excluding hydrogens is 240 g/mol. The van der Waals surface area contributed by atoms with E-state index in [1.165, 1.54) is 0 Å². The predicted octanol–water partition coefficient (Wildman–Crippen LogP) is 2.32. The van der Waals surface area contributed by atoms with E-state index in [2.05, 4.69) is 26.1 Å². The van der Waals surface area contributed by atoms with Gasteiger partial charge in [0.05, 0.1) is 12.0 Å². The lowest BCUT2D eigenvalue weighted by atomic mass is 9.87. The lowest BCUT2D eigenvalue weighted by molar-refractivity contribution is -0.143. The predicted molar refractivity (Wildman–Crippen MR) is 74.7 cm³/mol. The summed E-state index contributed by atoms with van der Waals surface area (Å²) in [6.45, 7) is 10.3. The second-order valence-corrected chi connectivity index (χ2v) is 6.03. The average Bonchev–Trinajstić information content (AvgIpc) is 2.95. The first-order valence-electron chi connectivity index (χ1n) is 6.99. The van der Waals surface area contributed by atoms with Crippen LogP contribution in [-0.2, 0) is 11.3 Å². The first-order valence-corrected chi connectivity index (χ1v) is 6.99. The second-order valence-electron chi connectivity index (χ2n) is 6.03. The van der Waals surface area contributed by atoms with Crippen LogP contribution in [0.5, 0.6) is 0 Å². The Labute approximate surface area is 115 Å². The summed E-state index contributed by atoms with van der Waals surface area (Å²) in [4.78, 5) is 14.7. The van der Waals surface area contributed by atoms with E-state index in [-0.39, 0.29) is 17.4 Å². The smallest absolute Gasteiger partial charge is 0.230 e. The van der Waals surface area contributed by atoms with E-state index in [4.69, 9.17) is 4.42 Å². The Morgan fingerprint density at radius 1 is 1.53 bits per heavy atom. The van der Waals surface area contributed by atoms with Crippen LogP contribution in [0.3, 0.4) is 0 Å². The molecule has 19 heavy (non-hydrogen) atoms. The fourth-order valence-electron chi connectivity index (χ4n) is 2.57. The van der Waals surface area contributed by atoms with Gasteiger partial charge in [-0.15, -0.1) is 0 Å². The minimum absolute atomic E-state index is 0.176. The molecule has 106 valence electrons. The molecule has 0 bridgehead atoms. The molecule has 1 saturated heterocycles. The maximum Gasteiger partial charge on any atom is 0.230 e. The normalized spacial score (nSPS) is 23.0. The zero-order chi connectivity index (χ0) is 14.0. The summed E-state index contributed by atoms with van der Waals surface area (Å²) in [7, 11) is 0. The molecule has 0 aromatic carbocycles. The molecule has 1 unspecified atom stereocenters. The number of carbonyl (C=O) groups excluding carboxylic acids is 1. The van der Waals surface area contributed by atoms with Gasteiger partial charge in [0.15, 0.2) is 0 Å². The molecule has 1 fully saturated rings. The van der Waals surface area contributed by atoms with E-state index in [0.29, 0.717) is 6.54 Å².